The highest BCUT2D eigenvalue weighted by atomic mass is 14.7. The molecule has 0 heterocycles. The molecule has 0 atom stereocenters. The number of rotatable bonds is 8. The molecule has 0 amide bonds. The smallest absolute Gasteiger partial charge is 0.0658 e. The molecule has 0 saturated carbocycles. The lowest BCUT2D eigenvalue weighted by Crippen LogP contribution is -1.88. The number of benzene rings is 7. The third-order valence-corrected chi connectivity index (χ3v) is 8.63. The van der Waals surface area contributed by atoms with Crippen LogP contribution in [0, 0.1) is 26.2 Å². The molecule has 0 bridgehead atoms. The number of nitrogens with zero attached hydrogens (tertiary/aromatic N) is 1. The van der Waals surface area contributed by atoms with Crippen molar-refractivity contribution >= 4 is 12.4 Å². The van der Waals surface area contributed by atoms with Crippen molar-refractivity contribution in [2.24, 2.45) is 4.99 Å². The van der Waals surface area contributed by atoms with Gasteiger partial charge in [0.2, 0.25) is 0 Å². The van der Waals surface area contributed by atoms with Crippen LogP contribution in [0.1, 0.15) is 41.7 Å². The molecule has 0 N–H and O–H groups in total. The first-order valence-corrected chi connectivity index (χ1v) is 18.5. The van der Waals surface area contributed by atoms with E-state index in [-0.39, 0.29) is 0 Å². The summed E-state index contributed by atoms with van der Waals surface area (Å²) in [5.74, 6) is 2.25. The minimum absolute atomic E-state index is 0.787. The van der Waals surface area contributed by atoms with E-state index in [9.17, 15) is 0 Å². The molecule has 268 valence electrons. The van der Waals surface area contributed by atoms with Crippen LogP contribution in [0.4, 0.5) is 0 Å². The second kappa shape index (κ2) is 22.4. The van der Waals surface area contributed by atoms with Gasteiger partial charge in [-0.2, -0.15) is 0 Å². The molecular formula is C53H51N. The lowest BCUT2D eigenvalue weighted by Gasteiger charge is -2.09. The maximum atomic E-state index is 4.60. The Bertz CT molecular complexity index is 2220. The quantitative estimate of drug-likeness (QED) is 0.110. The first kappa shape index (κ1) is 40.3. The number of aliphatic imine (C=N–C) groups is 1. The Kier molecular flexibility index (Phi) is 16.7. The highest BCUT2D eigenvalue weighted by Crippen LogP contribution is 2.28. The zero-order valence-corrected chi connectivity index (χ0v) is 32.1. The first-order valence-electron chi connectivity index (χ1n) is 18.5. The monoisotopic (exact) mass is 701 g/mol. The van der Waals surface area contributed by atoms with Crippen LogP contribution in [0.3, 0.4) is 0 Å². The molecule has 0 unspecified atom stereocenters. The van der Waals surface area contributed by atoms with E-state index in [1.165, 1.54) is 55.6 Å². The molecule has 7 aromatic carbocycles. The van der Waals surface area contributed by atoms with Crippen LogP contribution in [0.5, 0.6) is 0 Å². The summed E-state index contributed by atoms with van der Waals surface area (Å²) in [6, 6.07) is 65.8. The van der Waals surface area contributed by atoms with Gasteiger partial charge in [0.25, 0.3) is 0 Å². The van der Waals surface area contributed by atoms with Gasteiger partial charge in [0.1, 0.15) is 0 Å². The number of allylic oxidation sites excluding steroid dienone is 1. The molecule has 0 aromatic heterocycles. The van der Waals surface area contributed by atoms with Gasteiger partial charge in [-0.25, -0.2) is 0 Å². The molecule has 1 nitrogen and oxygen atoms in total. The maximum absolute atomic E-state index is 4.60. The van der Waals surface area contributed by atoms with Gasteiger partial charge in [-0.3, -0.25) is 4.99 Å². The van der Waals surface area contributed by atoms with Crippen LogP contribution in [0.2, 0.25) is 0 Å². The first-order chi connectivity index (χ1) is 26.4. The zero-order valence-electron chi connectivity index (χ0n) is 32.1. The fourth-order valence-electron chi connectivity index (χ4n) is 5.81. The topological polar surface area (TPSA) is 12.4 Å². The van der Waals surface area contributed by atoms with E-state index in [0.717, 1.165) is 24.1 Å². The molecule has 0 aliphatic carbocycles. The third kappa shape index (κ3) is 13.2. The molecule has 0 fully saturated rings. The molecular weight excluding hydrogens is 651 g/mol. The summed E-state index contributed by atoms with van der Waals surface area (Å²) in [4.78, 5) is 4.36. The van der Waals surface area contributed by atoms with Gasteiger partial charge in [-0.05, 0) is 97.0 Å². The Labute approximate surface area is 324 Å². The highest BCUT2D eigenvalue weighted by Gasteiger charge is 2.06. The minimum Gasteiger partial charge on any atom is -0.264 e. The zero-order chi connectivity index (χ0) is 38.4. The van der Waals surface area contributed by atoms with Crippen molar-refractivity contribution in [1.29, 1.82) is 0 Å². The standard InChI is InChI=1S/C35H29N.C8H10.C7H8.C3H4/c1-26-10-6-14-29(22-26)33-18-9-19-34(25-33)35(36-2)21-20-27-11-7-15-30(23-27)32-17-8-16-31(24-32)28-12-4-3-5-13-28;1-2-8-6-4-3-5-7-8;1-7-5-3-2-4-6-7;1-3-2/h3-19,21-25H,2,20H2,1H3;3-7H,2H2,1H3;2-6H,1H3;1H,2H3/b35-21-;;;. The Morgan fingerprint density at radius 1 is 0.519 bits per heavy atom. The van der Waals surface area contributed by atoms with E-state index in [2.05, 4.69) is 215 Å². The van der Waals surface area contributed by atoms with Crippen LogP contribution in [0.15, 0.2) is 199 Å². The van der Waals surface area contributed by atoms with E-state index in [1.807, 2.05) is 24.3 Å². The average molecular weight is 702 g/mol. The van der Waals surface area contributed by atoms with Crippen LogP contribution in [0.25, 0.3) is 39.1 Å². The Morgan fingerprint density at radius 2 is 0.944 bits per heavy atom. The van der Waals surface area contributed by atoms with Crippen molar-refractivity contribution in [3.8, 4) is 45.7 Å². The normalized spacial score (nSPS) is 10.2. The van der Waals surface area contributed by atoms with Gasteiger partial charge in [0.05, 0.1) is 5.70 Å². The largest absolute Gasteiger partial charge is 0.264 e. The number of hydrogen-bond donors (Lipinski definition) is 0. The summed E-state index contributed by atoms with van der Waals surface area (Å²) in [6.45, 7) is 11.9. The predicted octanol–water partition coefficient (Wildman–Crippen LogP) is 14.2. The van der Waals surface area contributed by atoms with E-state index in [0.29, 0.717) is 0 Å². The Morgan fingerprint density at radius 3 is 1.48 bits per heavy atom. The van der Waals surface area contributed by atoms with Gasteiger partial charge < -0.3 is 0 Å². The Balaban J connectivity index is 0.000000295. The molecule has 7 aromatic rings. The summed E-state index contributed by atoms with van der Waals surface area (Å²) in [6.07, 6.45) is 8.69. The maximum Gasteiger partial charge on any atom is 0.0658 e. The second-order valence-corrected chi connectivity index (χ2v) is 12.8. The van der Waals surface area contributed by atoms with E-state index < -0.39 is 0 Å². The van der Waals surface area contributed by atoms with Gasteiger partial charge in [0, 0.05) is 5.56 Å². The SMILES string of the molecule is C#CC.C=N/C(=C\Cc1cccc(-c2cccc(-c3ccccc3)c2)c1)c1cccc(-c2cccc(C)c2)c1.CCc1ccccc1.Cc1ccccc1. The summed E-state index contributed by atoms with van der Waals surface area (Å²) in [5.41, 5.74) is 14.5. The van der Waals surface area contributed by atoms with E-state index >= 15 is 0 Å². The van der Waals surface area contributed by atoms with Crippen molar-refractivity contribution < 1.29 is 0 Å². The van der Waals surface area contributed by atoms with E-state index in [1.54, 1.807) is 6.92 Å². The lowest BCUT2D eigenvalue weighted by molar-refractivity contribution is 1.14. The third-order valence-electron chi connectivity index (χ3n) is 8.63. The molecule has 0 radical (unpaired) electrons. The summed E-state index contributed by atoms with van der Waals surface area (Å²) in [5, 5.41) is 0. The predicted molar refractivity (Wildman–Crippen MR) is 237 cm³/mol. The highest BCUT2D eigenvalue weighted by molar-refractivity contribution is 5.75. The van der Waals surface area contributed by atoms with Crippen molar-refractivity contribution in [3.63, 3.8) is 0 Å². The molecule has 0 aliphatic heterocycles. The molecule has 0 spiro atoms. The number of terminal acetylenes is 1. The molecule has 0 saturated heterocycles. The average Bonchev–Trinajstić information content (AvgIpc) is 3.23. The molecule has 0 aliphatic rings. The van der Waals surface area contributed by atoms with Crippen LogP contribution >= 0.6 is 0 Å². The van der Waals surface area contributed by atoms with Gasteiger partial charge in [0.15, 0.2) is 0 Å². The van der Waals surface area contributed by atoms with Crippen molar-refractivity contribution in [1.82, 2.24) is 0 Å². The minimum atomic E-state index is 0.787. The second-order valence-electron chi connectivity index (χ2n) is 12.8. The molecule has 1 heteroatoms. The summed E-state index contributed by atoms with van der Waals surface area (Å²) < 4.78 is 0. The summed E-state index contributed by atoms with van der Waals surface area (Å²) >= 11 is 0. The lowest BCUT2D eigenvalue weighted by atomic mass is 9.97. The number of aryl methyl sites for hydroxylation is 3. The Hall–Kier alpha value is -6.49. The van der Waals surface area contributed by atoms with Gasteiger partial charge in [-0.1, -0.05) is 200 Å². The van der Waals surface area contributed by atoms with Gasteiger partial charge in [-0.15, -0.1) is 12.3 Å². The fraction of sp³-hybridized carbons (Fsp3) is 0.113. The van der Waals surface area contributed by atoms with Crippen LogP contribution in [-0.4, -0.2) is 6.72 Å². The van der Waals surface area contributed by atoms with Crippen LogP contribution < -0.4 is 0 Å². The molecule has 54 heavy (non-hydrogen) atoms. The van der Waals surface area contributed by atoms with Crippen molar-refractivity contribution in [3.05, 3.63) is 222 Å². The molecule has 7 rings (SSSR count). The van der Waals surface area contributed by atoms with Gasteiger partial charge >= 0.3 is 0 Å². The summed E-state index contributed by atoms with van der Waals surface area (Å²) in [7, 11) is 0. The van der Waals surface area contributed by atoms with Crippen molar-refractivity contribution in [2.45, 2.75) is 40.5 Å². The van der Waals surface area contributed by atoms with E-state index in [4.69, 9.17) is 0 Å². The van der Waals surface area contributed by atoms with Crippen molar-refractivity contribution in [2.75, 3.05) is 0 Å². The number of hydrogen-bond acceptors (Lipinski definition) is 1. The fourth-order valence-corrected chi connectivity index (χ4v) is 5.81. The van der Waals surface area contributed by atoms with Crippen LogP contribution in [-0.2, 0) is 12.8 Å².